The molecule has 2 aromatic rings. The minimum absolute atomic E-state index is 0.0950. The summed E-state index contributed by atoms with van der Waals surface area (Å²) in [4.78, 5) is 7.83. The van der Waals surface area contributed by atoms with Crippen LogP contribution in [0.2, 0.25) is 0 Å². The molecule has 2 heterocycles. The van der Waals surface area contributed by atoms with Crippen LogP contribution in [-0.4, -0.2) is 18.4 Å². The maximum Gasteiger partial charge on any atom is 0.274 e. The average Bonchev–Trinajstić information content (AvgIpc) is 2.62. The second kappa shape index (κ2) is 4.82. The predicted molar refractivity (Wildman–Crippen MR) is 74.0 cm³/mol. The van der Waals surface area contributed by atoms with Gasteiger partial charge in [-0.1, -0.05) is 11.3 Å². The Morgan fingerprint density at radius 2 is 2.22 bits per heavy atom. The van der Waals surface area contributed by atoms with Gasteiger partial charge in [-0.3, -0.25) is 4.72 Å². The van der Waals surface area contributed by atoms with Crippen LogP contribution < -0.4 is 10.5 Å². The first-order valence-corrected chi connectivity index (χ1v) is 7.85. The Bertz CT molecular complexity index is 684. The van der Waals surface area contributed by atoms with Gasteiger partial charge >= 0.3 is 0 Å². The molecule has 0 unspecified atom stereocenters. The van der Waals surface area contributed by atoms with Crippen molar-refractivity contribution in [2.75, 3.05) is 10.5 Å². The minimum atomic E-state index is -3.71. The molecule has 0 amide bonds. The smallest absolute Gasteiger partial charge is 0.274 e. The highest BCUT2D eigenvalue weighted by Gasteiger charge is 2.22. The zero-order valence-electron chi connectivity index (χ0n) is 9.21. The summed E-state index contributed by atoms with van der Waals surface area (Å²) in [5, 5.41) is 0.216. The summed E-state index contributed by atoms with van der Waals surface area (Å²) in [5.74, 6) is 0.226. The second-order valence-electron chi connectivity index (χ2n) is 3.36. The van der Waals surface area contributed by atoms with E-state index in [2.05, 4.69) is 30.6 Å². The Morgan fingerprint density at radius 3 is 2.78 bits per heavy atom. The zero-order valence-corrected chi connectivity index (χ0v) is 12.4. The molecule has 2 rings (SSSR count). The standard InChI is InChI=1S/C9H9BrN4O2S2/c1-5-8(17-9(11)13-5)18(15,16)14-7-6(10)3-2-4-12-7/h2-4H,1H3,(H2,11,13)(H,12,14). The number of nitrogen functional groups attached to an aromatic ring is 1. The van der Waals surface area contributed by atoms with E-state index < -0.39 is 10.0 Å². The van der Waals surface area contributed by atoms with Crippen molar-refractivity contribution in [3.63, 3.8) is 0 Å². The number of sulfonamides is 1. The normalized spacial score (nSPS) is 11.4. The summed E-state index contributed by atoms with van der Waals surface area (Å²) in [6, 6.07) is 3.39. The topological polar surface area (TPSA) is 98.0 Å². The van der Waals surface area contributed by atoms with Crippen LogP contribution in [0.25, 0.3) is 0 Å². The third-order valence-electron chi connectivity index (χ3n) is 2.00. The van der Waals surface area contributed by atoms with E-state index in [0.29, 0.717) is 10.2 Å². The number of rotatable bonds is 3. The Morgan fingerprint density at radius 1 is 1.50 bits per heavy atom. The molecular weight excluding hydrogens is 340 g/mol. The minimum Gasteiger partial charge on any atom is -0.375 e. The van der Waals surface area contributed by atoms with Gasteiger partial charge in [0.1, 0.15) is 0 Å². The molecule has 9 heteroatoms. The first-order valence-electron chi connectivity index (χ1n) is 4.76. The van der Waals surface area contributed by atoms with Crippen molar-refractivity contribution in [1.29, 1.82) is 0 Å². The van der Waals surface area contributed by atoms with Crippen LogP contribution in [0, 0.1) is 6.92 Å². The molecular formula is C9H9BrN4O2S2. The first-order chi connectivity index (χ1) is 8.40. The van der Waals surface area contributed by atoms with Crippen molar-refractivity contribution in [1.82, 2.24) is 9.97 Å². The fraction of sp³-hybridized carbons (Fsp3) is 0.111. The van der Waals surface area contributed by atoms with Crippen LogP contribution in [0.5, 0.6) is 0 Å². The van der Waals surface area contributed by atoms with Crippen LogP contribution in [0.1, 0.15) is 5.69 Å². The van der Waals surface area contributed by atoms with Crippen molar-refractivity contribution >= 4 is 48.2 Å². The number of nitrogens with two attached hydrogens (primary N) is 1. The molecule has 0 atom stereocenters. The molecule has 96 valence electrons. The third-order valence-corrected chi connectivity index (χ3v) is 5.58. The van der Waals surface area contributed by atoms with Gasteiger partial charge in [-0.2, -0.15) is 0 Å². The van der Waals surface area contributed by atoms with E-state index in [0.717, 1.165) is 11.3 Å². The molecule has 18 heavy (non-hydrogen) atoms. The Kier molecular flexibility index (Phi) is 3.55. The van der Waals surface area contributed by atoms with Gasteiger partial charge < -0.3 is 5.73 Å². The number of nitrogens with zero attached hydrogens (tertiary/aromatic N) is 2. The zero-order chi connectivity index (χ0) is 13.3. The van der Waals surface area contributed by atoms with Crippen molar-refractivity contribution in [2.24, 2.45) is 0 Å². The van der Waals surface area contributed by atoms with Gasteiger partial charge in [0, 0.05) is 6.20 Å². The lowest BCUT2D eigenvalue weighted by molar-refractivity contribution is 0.602. The van der Waals surface area contributed by atoms with Gasteiger partial charge in [-0.25, -0.2) is 18.4 Å². The van der Waals surface area contributed by atoms with E-state index in [1.54, 1.807) is 19.1 Å². The molecule has 0 saturated carbocycles. The van der Waals surface area contributed by atoms with Crippen molar-refractivity contribution in [2.45, 2.75) is 11.1 Å². The lowest BCUT2D eigenvalue weighted by atomic mass is 10.5. The fourth-order valence-electron chi connectivity index (χ4n) is 1.29. The van der Waals surface area contributed by atoms with E-state index in [-0.39, 0.29) is 15.2 Å². The average molecular weight is 349 g/mol. The number of thiazole rings is 1. The molecule has 0 aliphatic heterocycles. The van der Waals surface area contributed by atoms with Gasteiger partial charge in [-0.15, -0.1) is 0 Å². The number of aryl methyl sites for hydroxylation is 1. The number of halogens is 1. The summed E-state index contributed by atoms with van der Waals surface area (Å²) in [5.41, 5.74) is 5.86. The number of anilines is 2. The lowest BCUT2D eigenvalue weighted by Gasteiger charge is -2.06. The van der Waals surface area contributed by atoms with Gasteiger partial charge in [0.25, 0.3) is 10.0 Å². The maximum absolute atomic E-state index is 12.1. The van der Waals surface area contributed by atoms with Crippen LogP contribution in [0.4, 0.5) is 10.9 Å². The fourth-order valence-corrected chi connectivity index (χ4v) is 4.10. The van der Waals surface area contributed by atoms with Crippen LogP contribution >= 0.6 is 27.3 Å². The Balaban J connectivity index is 2.40. The SMILES string of the molecule is Cc1nc(N)sc1S(=O)(=O)Nc1ncccc1Br. The molecule has 0 aliphatic carbocycles. The second-order valence-corrected chi connectivity index (χ2v) is 7.13. The number of nitrogens with one attached hydrogen (secondary N) is 1. The molecule has 3 N–H and O–H groups in total. The molecule has 0 bridgehead atoms. The van der Waals surface area contributed by atoms with Crippen molar-refractivity contribution in [3.8, 4) is 0 Å². The molecule has 0 aromatic carbocycles. The van der Waals surface area contributed by atoms with Crippen LogP contribution in [-0.2, 0) is 10.0 Å². The van der Waals surface area contributed by atoms with E-state index in [9.17, 15) is 8.42 Å². The van der Waals surface area contributed by atoms with Gasteiger partial charge in [-0.05, 0) is 35.0 Å². The molecule has 0 fully saturated rings. The summed E-state index contributed by atoms with van der Waals surface area (Å²) < 4.78 is 27.3. The van der Waals surface area contributed by atoms with E-state index in [1.807, 2.05) is 0 Å². The highest BCUT2D eigenvalue weighted by molar-refractivity contribution is 9.10. The van der Waals surface area contributed by atoms with Crippen LogP contribution in [0.3, 0.4) is 0 Å². The first kappa shape index (κ1) is 13.2. The maximum atomic E-state index is 12.1. The highest BCUT2D eigenvalue weighted by Crippen LogP contribution is 2.28. The van der Waals surface area contributed by atoms with Gasteiger partial charge in [0.15, 0.2) is 15.2 Å². The number of hydrogen-bond donors (Lipinski definition) is 2. The van der Waals surface area contributed by atoms with E-state index in [1.165, 1.54) is 6.20 Å². The quantitative estimate of drug-likeness (QED) is 0.883. The van der Waals surface area contributed by atoms with Gasteiger partial charge in [0.2, 0.25) is 0 Å². The summed E-state index contributed by atoms with van der Waals surface area (Å²) >= 11 is 4.14. The number of pyridine rings is 1. The van der Waals surface area contributed by atoms with Gasteiger partial charge in [0.05, 0.1) is 10.2 Å². The molecule has 0 radical (unpaired) electrons. The van der Waals surface area contributed by atoms with Crippen LogP contribution in [0.15, 0.2) is 27.0 Å². The summed E-state index contributed by atoms with van der Waals surface area (Å²) in [6.45, 7) is 1.59. The number of hydrogen-bond acceptors (Lipinski definition) is 6. The molecule has 0 aliphatic rings. The number of aromatic nitrogens is 2. The molecule has 6 nitrogen and oxygen atoms in total. The van der Waals surface area contributed by atoms with Crippen molar-refractivity contribution < 1.29 is 8.42 Å². The lowest BCUT2D eigenvalue weighted by Crippen LogP contribution is -2.14. The monoisotopic (exact) mass is 348 g/mol. The molecule has 2 aromatic heterocycles. The summed E-state index contributed by atoms with van der Waals surface area (Å²) in [6.07, 6.45) is 1.50. The third kappa shape index (κ3) is 2.62. The Labute approximate surface area is 116 Å². The van der Waals surface area contributed by atoms with E-state index in [4.69, 9.17) is 5.73 Å². The largest absolute Gasteiger partial charge is 0.375 e. The molecule has 0 spiro atoms. The van der Waals surface area contributed by atoms with E-state index >= 15 is 0 Å². The van der Waals surface area contributed by atoms with Crippen molar-refractivity contribution in [3.05, 3.63) is 28.5 Å². The highest BCUT2D eigenvalue weighted by atomic mass is 79.9. The summed E-state index contributed by atoms with van der Waals surface area (Å²) in [7, 11) is -3.71. The molecule has 0 saturated heterocycles. The Hall–Kier alpha value is -1.19. The predicted octanol–water partition coefficient (Wildman–Crippen LogP) is 1.99.